The smallest absolute Gasteiger partial charge is 0.307 e. The Morgan fingerprint density at radius 2 is 1.90 bits per heavy atom. The van der Waals surface area contributed by atoms with Crippen molar-refractivity contribution in [1.82, 2.24) is 5.48 Å². The number of aliphatic carboxylic acids is 1. The Hall–Kier alpha value is -1.88. The first-order valence-electron chi connectivity index (χ1n) is 7.30. The standard InChI is InChI=1S/C16H21NO4/c1-2-11-8-13(14(9-11)16(19)20)15(18)17-21-10-12-6-4-3-5-7-12/h3-7,11,13-14H,2,8-10H2,1H3,(H,17,18)(H,19,20)/t11?,13-,14+/m0/s1. The Bertz CT molecular complexity index is 488. The molecule has 5 heteroatoms. The van der Waals surface area contributed by atoms with Crippen molar-refractivity contribution in [2.45, 2.75) is 32.8 Å². The van der Waals surface area contributed by atoms with Crippen molar-refractivity contribution in [2.24, 2.45) is 17.8 Å². The summed E-state index contributed by atoms with van der Waals surface area (Å²) in [6, 6.07) is 9.49. The van der Waals surface area contributed by atoms with Crippen LogP contribution in [0.1, 0.15) is 31.7 Å². The van der Waals surface area contributed by atoms with Crippen molar-refractivity contribution in [3.8, 4) is 0 Å². The molecule has 1 saturated carbocycles. The number of carbonyl (C=O) groups excluding carboxylic acids is 1. The van der Waals surface area contributed by atoms with E-state index in [1.165, 1.54) is 0 Å². The van der Waals surface area contributed by atoms with Gasteiger partial charge in [-0.3, -0.25) is 14.4 Å². The molecule has 0 heterocycles. The molecule has 0 aliphatic heterocycles. The summed E-state index contributed by atoms with van der Waals surface area (Å²) >= 11 is 0. The summed E-state index contributed by atoms with van der Waals surface area (Å²) in [5, 5.41) is 9.23. The summed E-state index contributed by atoms with van der Waals surface area (Å²) in [4.78, 5) is 28.6. The molecule has 1 amide bonds. The second kappa shape index (κ2) is 7.22. The maximum absolute atomic E-state index is 12.1. The minimum Gasteiger partial charge on any atom is -0.481 e. The average molecular weight is 291 g/mol. The highest BCUT2D eigenvalue weighted by molar-refractivity contribution is 5.84. The van der Waals surface area contributed by atoms with Crippen molar-refractivity contribution >= 4 is 11.9 Å². The van der Waals surface area contributed by atoms with Crippen LogP contribution >= 0.6 is 0 Å². The number of hydrogen-bond acceptors (Lipinski definition) is 3. The summed E-state index contributed by atoms with van der Waals surface area (Å²) < 4.78 is 0. The normalized spacial score (nSPS) is 24.7. The van der Waals surface area contributed by atoms with Crippen molar-refractivity contribution in [3.05, 3.63) is 35.9 Å². The molecule has 114 valence electrons. The second-order valence-corrected chi connectivity index (χ2v) is 5.54. The number of carbonyl (C=O) groups is 2. The summed E-state index contributed by atoms with van der Waals surface area (Å²) in [7, 11) is 0. The fourth-order valence-electron chi connectivity index (χ4n) is 2.88. The van der Waals surface area contributed by atoms with Gasteiger partial charge in [0.2, 0.25) is 5.91 Å². The highest BCUT2D eigenvalue weighted by atomic mass is 16.6. The fourth-order valence-corrected chi connectivity index (χ4v) is 2.88. The van der Waals surface area contributed by atoms with Gasteiger partial charge >= 0.3 is 5.97 Å². The summed E-state index contributed by atoms with van der Waals surface area (Å²) in [5.41, 5.74) is 3.35. The molecule has 1 fully saturated rings. The first kappa shape index (κ1) is 15.5. The minimum atomic E-state index is -0.894. The number of amides is 1. The Balaban J connectivity index is 1.85. The lowest BCUT2D eigenvalue weighted by atomic mass is 9.96. The molecular formula is C16H21NO4. The van der Waals surface area contributed by atoms with Crippen LogP contribution in [0.15, 0.2) is 30.3 Å². The molecular weight excluding hydrogens is 270 g/mol. The van der Waals surface area contributed by atoms with E-state index < -0.39 is 17.8 Å². The minimum absolute atomic E-state index is 0.272. The van der Waals surface area contributed by atoms with Gasteiger partial charge in [-0.25, -0.2) is 5.48 Å². The highest BCUT2D eigenvalue weighted by Gasteiger charge is 2.42. The number of rotatable bonds is 6. The molecule has 0 bridgehead atoms. The molecule has 1 unspecified atom stereocenters. The first-order chi connectivity index (χ1) is 10.1. The van der Waals surface area contributed by atoms with Crippen LogP contribution < -0.4 is 5.48 Å². The summed E-state index contributed by atoms with van der Waals surface area (Å²) in [5.74, 6) is -2.02. The topological polar surface area (TPSA) is 75.6 Å². The lowest BCUT2D eigenvalue weighted by molar-refractivity contribution is -0.150. The number of nitrogens with one attached hydrogen (secondary N) is 1. The monoisotopic (exact) mass is 291 g/mol. The summed E-state index contributed by atoms with van der Waals surface area (Å²) in [6.07, 6.45) is 2.09. The number of carboxylic acid groups (broad SMARTS) is 1. The van der Waals surface area contributed by atoms with Crippen LogP contribution in [0.5, 0.6) is 0 Å². The maximum Gasteiger partial charge on any atom is 0.307 e. The lowest BCUT2D eigenvalue weighted by Gasteiger charge is -2.15. The van der Waals surface area contributed by atoms with Gasteiger partial charge in [-0.05, 0) is 24.3 Å². The molecule has 0 radical (unpaired) electrons. The van der Waals surface area contributed by atoms with E-state index in [2.05, 4.69) is 5.48 Å². The Morgan fingerprint density at radius 1 is 1.24 bits per heavy atom. The van der Waals surface area contributed by atoms with E-state index in [1.54, 1.807) is 0 Å². The quantitative estimate of drug-likeness (QED) is 0.789. The van der Waals surface area contributed by atoms with Gasteiger partial charge in [-0.2, -0.15) is 0 Å². The predicted molar refractivity (Wildman–Crippen MR) is 77.0 cm³/mol. The van der Waals surface area contributed by atoms with E-state index in [-0.39, 0.29) is 12.5 Å². The molecule has 21 heavy (non-hydrogen) atoms. The molecule has 1 aromatic rings. The third-order valence-corrected chi connectivity index (χ3v) is 4.15. The Labute approximate surface area is 124 Å². The molecule has 0 spiro atoms. The molecule has 3 atom stereocenters. The van der Waals surface area contributed by atoms with Gasteiger partial charge in [-0.15, -0.1) is 0 Å². The van der Waals surface area contributed by atoms with E-state index in [4.69, 9.17) is 4.84 Å². The van der Waals surface area contributed by atoms with Gasteiger partial charge < -0.3 is 5.11 Å². The van der Waals surface area contributed by atoms with E-state index >= 15 is 0 Å². The van der Waals surface area contributed by atoms with Crippen LogP contribution in [0.4, 0.5) is 0 Å². The van der Waals surface area contributed by atoms with Gasteiger partial charge in [0.05, 0.1) is 18.4 Å². The van der Waals surface area contributed by atoms with E-state index in [0.29, 0.717) is 18.8 Å². The van der Waals surface area contributed by atoms with E-state index in [1.807, 2.05) is 37.3 Å². The van der Waals surface area contributed by atoms with Crippen LogP contribution in [0.2, 0.25) is 0 Å². The predicted octanol–water partition coefficient (Wildman–Crippen LogP) is 2.37. The van der Waals surface area contributed by atoms with Crippen LogP contribution in [0.25, 0.3) is 0 Å². The number of carboxylic acids is 1. The fraction of sp³-hybridized carbons (Fsp3) is 0.500. The highest BCUT2D eigenvalue weighted by Crippen LogP contribution is 2.38. The van der Waals surface area contributed by atoms with E-state index in [9.17, 15) is 14.7 Å². The van der Waals surface area contributed by atoms with Crippen LogP contribution in [-0.4, -0.2) is 17.0 Å². The molecule has 5 nitrogen and oxygen atoms in total. The van der Waals surface area contributed by atoms with Gasteiger partial charge in [0.1, 0.15) is 0 Å². The third-order valence-electron chi connectivity index (χ3n) is 4.15. The molecule has 0 saturated heterocycles. The van der Waals surface area contributed by atoms with Crippen LogP contribution in [0, 0.1) is 17.8 Å². The zero-order chi connectivity index (χ0) is 15.2. The Kier molecular flexibility index (Phi) is 5.33. The largest absolute Gasteiger partial charge is 0.481 e. The molecule has 2 N–H and O–H groups in total. The second-order valence-electron chi connectivity index (χ2n) is 5.54. The van der Waals surface area contributed by atoms with Crippen molar-refractivity contribution in [2.75, 3.05) is 0 Å². The van der Waals surface area contributed by atoms with Crippen molar-refractivity contribution < 1.29 is 19.5 Å². The number of hydroxylamine groups is 1. The van der Waals surface area contributed by atoms with Crippen molar-refractivity contribution in [1.29, 1.82) is 0 Å². The summed E-state index contributed by atoms with van der Waals surface area (Å²) in [6.45, 7) is 2.30. The van der Waals surface area contributed by atoms with Gasteiger partial charge in [-0.1, -0.05) is 43.7 Å². The van der Waals surface area contributed by atoms with Crippen LogP contribution in [-0.2, 0) is 21.0 Å². The SMILES string of the molecule is CCC1C[C@H](C(=O)NOCc2ccccc2)[C@H](C(=O)O)C1. The Morgan fingerprint density at radius 3 is 2.52 bits per heavy atom. The van der Waals surface area contributed by atoms with Crippen LogP contribution in [0.3, 0.4) is 0 Å². The number of benzene rings is 1. The third kappa shape index (κ3) is 4.04. The average Bonchev–Trinajstić information content (AvgIpc) is 2.93. The molecule has 1 aromatic carbocycles. The molecule has 0 aromatic heterocycles. The van der Waals surface area contributed by atoms with Crippen molar-refractivity contribution in [3.63, 3.8) is 0 Å². The van der Waals surface area contributed by atoms with Gasteiger partial charge in [0, 0.05) is 0 Å². The molecule has 1 aliphatic rings. The number of hydrogen-bond donors (Lipinski definition) is 2. The zero-order valence-corrected chi connectivity index (χ0v) is 12.1. The first-order valence-corrected chi connectivity index (χ1v) is 7.30. The maximum atomic E-state index is 12.1. The molecule has 1 aliphatic carbocycles. The van der Waals surface area contributed by atoms with Gasteiger partial charge in [0.15, 0.2) is 0 Å². The lowest BCUT2D eigenvalue weighted by Crippen LogP contribution is -2.35. The zero-order valence-electron chi connectivity index (χ0n) is 12.1. The van der Waals surface area contributed by atoms with E-state index in [0.717, 1.165) is 12.0 Å². The van der Waals surface area contributed by atoms with Gasteiger partial charge in [0.25, 0.3) is 0 Å². The molecule has 2 rings (SSSR count).